The highest BCUT2D eigenvalue weighted by molar-refractivity contribution is 5.97. The largest absolute Gasteiger partial charge is 0.497 e. The minimum absolute atomic E-state index is 0.0587. The van der Waals surface area contributed by atoms with Gasteiger partial charge < -0.3 is 15.0 Å². The number of aryl methyl sites for hydroxylation is 3. The van der Waals surface area contributed by atoms with E-state index in [0.717, 1.165) is 58.0 Å². The number of anilines is 1. The number of piperazine rings is 1. The fourth-order valence-corrected chi connectivity index (χ4v) is 5.19. The Morgan fingerprint density at radius 1 is 1.12 bits per heavy atom. The highest BCUT2D eigenvalue weighted by atomic mass is 16.5. The van der Waals surface area contributed by atoms with Gasteiger partial charge in [0.1, 0.15) is 5.75 Å². The van der Waals surface area contributed by atoms with Crippen molar-refractivity contribution < 1.29 is 9.53 Å². The Bertz CT molecular complexity index is 1250. The van der Waals surface area contributed by atoms with E-state index >= 15 is 0 Å². The van der Waals surface area contributed by atoms with E-state index in [1.165, 1.54) is 0 Å². The predicted molar refractivity (Wildman–Crippen MR) is 135 cm³/mol. The average Bonchev–Trinajstić information content (AvgIpc) is 3.15. The molecule has 5 rings (SSSR count). The van der Waals surface area contributed by atoms with Crippen LogP contribution in [0.4, 0.5) is 5.69 Å². The Hall–Kier alpha value is -3.32. The van der Waals surface area contributed by atoms with Crippen molar-refractivity contribution in [3.05, 3.63) is 65.0 Å². The second kappa shape index (κ2) is 8.47. The number of carbonyl (C=O) groups excluding carboxylic acids is 1. The molecular formula is C27H33N5O2. The Balaban J connectivity index is 1.37. The molecule has 1 unspecified atom stereocenters. The number of nitrogens with zero attached hydrogens (tertiary/aromatic N) is 4. The molecule has 2 saturated heterocycles. The molecule has 1 amide bonds. The van der Waals surface area contributed by atoms with Crippen LogP contribution in [-0.4, -0.2) is 59.9 Å². The maximum atomic E-state index is 13.3. The molecule has 2 aliphatic rings. The monoisotopic (exact) mass is 459 g/mol. The van der Waals surface area contributed by atoms with Crippen molar-refractivity contribution in [3.8, 4) is 16.9 Å². The predicted octanol–water partition coefficient (Wildman–Crippen LogP) is 3.71. The molecule has 3 aromatic rings. The lowest BCUT2D eigenvalue weighted by molar-refractivity contribution is 0.0368. The number of ether oxygens (including phenoxy) is 1. The summed E-state index contributed by atoms with van der Waals surface area (Å²) in [7, 11) is 5.76. The van der Waals surface area contributed by atoms with Crippen LogP contribution in [0.5, 0.6) is 5.75 Å². The number of likely N-dealkylation sites (N-methyl/N-ethyl adjacent to an activating group) is 1. The van der Waals surface area contributed by atoms with Crippen LogP contribution in [0, 0.1) is 13.8 Å². The SMILES string of the molecule is COc1cc(-c2cn(C)nc2C)cc([C@@H](C)NC(=O)c2cc(N3CC4[C@@H]3CN4C)ccc2C)c1. The van der Waals surface area contributed by atoms with E-state index in [1.807, 2.05) is 56.9 Å². The van der Waals surface area contributed by atoms with E-state index in [1.54, 1.807) is 7.11 Å². The topological polar surface area (TPSA) is 62.6 Å². The summed E-state index contributed by atoms with van der Waals surface area (Å²) in [5.74, 6) is 0.699. The van der Waals surface area contributed by atoms with Crippen LogP contribution in [0.15, 0.2) is 42.6 Å². The normalized spacial score (nSPS) is 20.2. The van der Waals surface area contributed by atoms with Gasteiger partial charge in [-0.1, -0.05) is 6.07 Å². The Kier molecular flexibility index (Phi) is 5.60. The Morgan fingerprint density at radius 3 is 2.53 bits per heavy atom. The van der Waals surface area contributed by atoms with Gasteiger partial charge in [-0.2, -0.15) is 5.10 Å². The number of methoxy groups -OCH3 is 1. The van der Waals surface area contributed by atoms with Gasteiger partial charge in [-0.15, -0.1) is 0 Å². The molecule has 2 aromatic carbocycles. The number of rotatable bonds is 6. The first kappa shape index (κ1) is 22.5. The van der Waals surface area contributed by atoms with Crippen LogP contribution in [-0.2, 0) is 7.05 Å². The zero-order valence-corrected chi connectivity index (χ0v) is 20.8. The van der Waals surface area contributed by atoms with Gasteiger partial charge in [0, 0.05) is 49.2 Å². The van der Waals surface area contributed by atoms with Gasteiger partial charge in [-0.25, -0.2) is 0 Å². The standard InChI is InChI=1S/C27H33N5O2/c1-16-7-8-21(32-15-25-26(32)14-30(25)4)12-23(16)27(33)28-17(2)19-9-20(11-22(10-19)34-6)24-13-31(5)29-18(24)3/h7-13,17,25-26H,14-15H2,1-6H3,(H,28,33)/t17-,25?,26+/m1/s1. The van der Waals surface area contributed by atoms with Crippen LogP contribution < -0.4 is 15.0 Å². The van der Waals surface area contributed by atoms with Crippen LogP contribution in [0.2, 0.25) is 0 Å². The van der Waals surface area contributed by atoms with Gasteiger partial charge in [0.05, 0.1) is 24.9 Å². The second-order valence-corrected chi connectivity index (χ2v) is 9.72. The number of hydrogen-bond acceptors (Lipinski definition) is 5. The van der Waals surface area contributed by atoms with Crippen molar-refractivity contribution >= 4 is 11.6 Å². The fourth-order valence-electron chi connectivity index (χ4n) is 5.19. The van der Waals surface area contributed by atoms with E-state index in [-0.39, 0.29) is 11.9 Å². The van der Waals surface area contributed by atoms with E-state index in [4.69, 9.17) is 4.74 Å². The highest BCUT2D eigenvalue weighted by Crippen LogP contribution is 2.37. The molecule has 7 heteroatoms. The Morgan fingerprint density at radius 2 is 1.91 bits per heavy atom. The molecule has 0 radical (unpaired) electrons. The fraction of sp³-hybridized carbons (Fsp3) is 0.407. The van der Waals surface area contributed by atoms with Crippen LogP contribution >= 0.6 is 0 Å². The molecule has 0 spiro atoms. The lowest BCUT2D eigenvalue weighted by Crippen LogP contribution is -2.78. The van der Waals surface area contributed by atoms with E-state index in [0.29, 0.717) is 12.1 Å². The van der Waals surface area contributed by atoms with E-state index < -0.39 is 0 Å². The van der Waals surface area contributed by atoms with E-state index in [9.17, 15) is 4.79 Å². The third-order valence-corrected chi connectivity index (χ3v) is 7.40. The summed E-state index contributed by atoms with van der Waals surface area (Å²) in [6, 6.07) is 13.4. The first-order chi connectivity index (χ1) is 16.2. The number of likely N-dealkylation sites (tertiary alicyclic amines) is 1. The summed E-state index contributed by atoms with van der Waals surface area (Å²) < 4.78 is 7.38. The highest BCUT2D eigenvalue weighted by Gasteiger charge is 2.49. The number of hydrogen-bond donors (Lipinski definition) is 1. The average molecular weight is 460 g/mol. The first-order valence-electron chi connectivity index (χ1n) is 11.8. The number of aromatic nitrogens is 2. The maximum Gasteiger partial charge on any atom is 0.252 e. The van der Waals surface area contributed by atoms with Crippen molar-refractivity contribution in [2.75, 3.05) is 32.1 Å². The van der Waals surface area contributed by atoms with Gasteiger partial charge in [0.15, 0.2) is 0 Å². The molecule has 3 atom stereocenters. The summed E-state index contributed by atoms with van der Waals surface area (Å²) in [6.45, 7) is 8.12. The number of nitrogens with one attached hydrogen (secondary N) is 1. The summed E-state index contributed by atoms with van der Waals surface area (Å²) >= 11 is 0. The molecule has 1 N–H and O–H groups in total. The molecule has 178 valence electrons. The molecule has 2 fully saturated rings. The summed E-state index contributed by atoms with van der Waals surface area (Å²) in [5, 5.41) is 7.67. The van der Waals surface area contributed by atoms with Gasteiger partial charge in [-0.05, 0) is 74.8 Å². The smallest absolute Gasteiger partial charge is 0.252 e. The summed E-state index contributed by atoms with van der Waals surface area (Å²) in [5.41, 5.74) is 6.87. The van der Waals surface area contributed by atoms with Gasteiger partial charge in [-0.3, -0.25) is 14.4 Å². The number of fused-ring (bicyclic) bond motifs is 1. The lowest BCUT2D eigenvalue weighted by Gasteiger charge is -2.62. The quantitative estimate of drug-likeness (QED) is 0.609. The minimum Gasteiger partial charge on any atom is -0.497 e. The van der Waals surface area contributed by atoms with E-state index in [2.05, 4.69) is 45.5 Å². The van der Waals surface area contributed by atoms with Crippen LogP contribution in [0.3, 0.4) is 0 Å². The summed E-state index contributed by atoms with van der Waals surface area (Å²) in [4.78, 5) is 18.1. The van der Waals surface area contributed by atoms with Crippen molar-refractivity contribution in [2.24, 2.45) is 7.05 Å². The number of amides is 1. The maximum absolute atomic E-state index is 13.3. The van der Waals surface area contributed by atoms with Crippen LogP contribution in [0.25, 0.3) is 11.1 Å². The molecule has 3 heterocycles. The van der Waals surface area contributed by atoms with Gasteiger partial charge >= 0.3 is 0 Å². The third kappa shape index (κ3) is 3.84. The number of carbonyl (C=O) groups is 1. The zero-order valence-electron chi connectivity index (χ0n) is 20.8. The second-order valence-electron chi connectivity index (χ2n) is 9.72. The number of benzene rings is 2. The zero-order chi connectivity index (χ0) is 24.1. The lowest BCUT2D eigenvalue weighted by atomic mass is 9.85. The summed E-state index contributed by atoms with van der Waals surface area (Å²) in [6.07, 6.45) is 2.01. The van der Waals surface area contributed by atoms with Crippen molar-refractivity contribution in [3.63, 3.8) is 0 Å². The van der Waals surface area contributed by atoms with Gasteiger partial charge in [0.2, 0.25) is 0 Å². The molecule has 7 nitrogen and oxygen atoms in total. The molecule has 1 aromatic heterocycles. The van der Waals surface area contributed by atoms with Crippen molar-refractivity contribution in [2.45, 2.75) is 38.9 Å². The first-order valence-corrected chi connectivity index (χ1v) is 11.8. The van der Waals surface area contributed by atoms with Gasteiger partial charge in [0.25, 0.3) is 5.91 Å². The molecule has 0 bridgehead atoms. The molecular weight excluding hydrogens is 426 g/mol. The Labute approximate surface area is 201 Å². The van der Waals surface area contributed by atoms with Crippen molar-refractivity contribution in [1.82, 2.24) is 20.0 Å². The van der Waals surface area contributed by atoms with Crippen molar-refractivity contribution in [1.29, 1.82) is 0 Å². The molecule has 0 saturated carbocycles. The minimum atomic E-state index is -0.185. The molecule has 0 aliphatic carbocycles. The molecule has 2 aliphatic heterocycles. The third-order valence-electron chi connectivity index (χ3n) is 7.40. The molecule has 34 heavy (non-hydrogen) atoms. The van der Waals surface area contributed by atoms with Crippen LogP contribution in [0.1, 0.15) is 40.1 Å².